The van der Waals surface area contributed by atoms with Gasteiger partial charge in [-0.05, 0) is 52.5 Å². The first-order valence-corrected chi connectivity index (χ1v) is 7.60. The molecule has 2 nitrogen and oxygen atoms in total. The van der Waals surface area contributed by atoms with Crippen LogP contribution in [0.3, 0.4) is 0 Å². The number of benzene rings is 2. The molecule has 0 aliphatic heterocycles. The van der Waals surface area contributed by atoms with Gasteiger partial charge in [-0.15, -0.1) is 0 Å². The Morgan fingerprint density at radius 2 is 1.85 bits per heavy atom. The van der Waals surface area contributed by atoms with Gasteiger partial charge in [0, 0.05) is 18.1 Å². The van der Waals surface area contributed by atoms with Crippen LogP contribution in [0.25, 0.3) is 0 Å². The van der Waals surface area contributed by atoms with Gasteiger partial charge in [0.2, 0.25) is 0 Å². The Bertz CT molecular complexity index is 554. The molecule has 20 heavy (non-hydrogen) atoms. The van der Waals surface area contributed by atoms with Gasteiger partial charge in [0.05, 0.1) is 11.8 Å². The van der Waals surface area contributed by atoms with Gasteiger partial charge in [-0.3, -0.25) is 0 Å². The van der Waals surface area contributed by atoms with Gasteiger partial charge in [-0.1, -0.05) is 36.4 Å². The molecule has 0 saturated heterocycles. The quantitative estimate of drug-likeness (QED) is 0.887. The van der Waals surface area contributed by atoms with Crippen LogP contribution in [0.4, 0.5) is 5.69 Å². The monoisotopic (exact) mass is 333 g/mol. The maximum Gasteiger partial charge on any atom is 0.0762 e. The molecule has 2 aromatic rings. The summed E-state index contributed by atoms with van der Waals surface area (Å²) in [5.74, 6) is 0. The summed E-state index contributed by atoms with van der Waals surface area (Å²) < 4.78 is 1.02. The van der Waals surface area contributed by atoms with Crippen molar-refractivity contribution in [2.45, 2.75) is 19.4 Å². The molecule has 0 spiro atoms. The molecule has 0 amide bonds. The van der Waals surface area contributed by atoms with Crippen LogP contribution in [0.1, 0.15) is 24.2 Å². The Morgan fingerprint density at radius 1 is 1.15 bits per heavy atom. The second-order valence-electron chi connectivity index (χ2n) is 5.04. The molecular weight excluding hydrogens is 314 g/mol. The zero-order valence-corrected chi connectivity index (χ0v) is 13.5. The SMILES string of the molecule is C[C@@H](O)c1ccc(N(C)CCc2ccccc2)c(Br)c1. The van der Waals surface area contributed by atoms with Crippen molar-refractivity contribution in [1.29, 1.82) is 0 Å². The molecule has 0 saturated carbocycles. The summed E-state index contributed by atoms with van der Waals surface area (Å²) in [6.45, 7) is 2.73. The van der Waals surface area contributed by atoms with Crippen LogP contribution in [0.5, 0.6) is 0 Å². The Labute approximate surface area is 129 Å². The summed E-state index contributed by atoms with van der Waals surface area (Å²) in [6.07, 6.45) is 0.581. The summed E-state index contributed by atoms with van der Waals surface area (Å²) in [4.78, 5) is 2.23. The Kier molecular flexibility index (Phi) is 5.21. The van der Waals surface area contributed by atoms with E-state index in [9.17, 15) is 5.11 Å². The van der Waals surface area contributed by atoms with E-state index in [4.69, 9.17) is 0 Å². The highest BCUT2D eigenvalue weighted by Gasteiger charge is 2.09. The Hall–Kier alpha value is -1.32. The van der Waals surface area contributed by atoms with Crippen LogP contribution in [0.2, 0.25) is 0 Å². The van der Waals surface area contributed by atoms with E-state index in [0.717, 1.165) is 28.7 Å². The van der Waals surface area contributed by atoms with Gasteiger partial charge in [0.15, 0.2) is 0 Å². The lowest BCUT2D eigenvalue weighted by Crippen LogP contribution is -2.20. The van der Waals surface area contributed by atoms with Crippen molar-refractivity contribution < 1.29 is 5.11 Å². The number of halogens is 1. The van der Waals surface area contributed by atoms with Crippen LogP contribution in [-0.4, -0.2) is 18.7 Å². The van der Waals surface area contributed by atoms with Crippen LogP contribution >= 0.6 is 15.9 Å². The fraction of sp³-hybridized carbons (Fsp3) is 0.294. The predicted molar refractivity (Wildman–Crippen MR) is 88.2 cm³/mol. The summed E-state index contributed by atoms with van der Waals surface area (Å²) in [6, 6.07) is 16.5. The highest BCUT2D eigenvalue weighted by molar-refractivity contribution is 9.10. The second kappa shape index (κ2) is 6.91. The van der Waals surface area contributed by atoms with Crippen molar-refractivity contribution in [2.75, 3.05) is 18.5 Å². The highest BCUT2D eigenvalue weighted by atomic mass is 79.9. The van der Waals surface area contributed by atoms with Crippen molar-refractivity contribution in [3.05, 3.63) is 64.1 Å². The minimum Gasteiger partial charge on any atom is -0.389 e. The molecule has 2 rings (SSSR count). The largest absolute Gasteiger partial charge is 0.389 e. The second-order valence-corrected chi connectivity index (χ2v) is 5.90. The number of aliphatic hydroxyl groups excluding tert-OH is 1. The molecule has 0 bridgehead atoms. The third kappa shape index (κ3) is 3.84. The first-order valence-electron chi connectivity index (χ1n) is 6.80. The van der Waals surface area contributed by atoms with Crippen LogP contribution in [-0.2, 0) is 6.42 Å². The third-order valence-electron chi connectivity index (χ3n) is 3.44. The molecule has 0 aromatic heterocycles. The van der Waals surface area contributed by atoms with E-state index < -0.39 is 6.10 Å². The van der Waals surface area contributed by atoms with Gasteiger partial charge in [-0.25, -0.2) is 0 Å². The van der Waals surface area contributed by atoms with Crippen molar-refractivity contribution in [3.8, 4) is 0 Å². The normalized spacial score (nSPS) is 12.2. The molecule has 1 atom stereocenters. The van der Waals surface area contributed by atoms with Crippen LogP contribution in [0.15, 0.2) is 53.0 Å². The number of likely N-dealkylation sites (N-methyl/N-ethyl adjacent to an activating group) is 1. The molecular formula is C17H20BrNO. The topological polar surface area (TPSA) is 23.5 Å². The maximum absolute atomic E-state index is 9.60. The molecule has 2 aromatic carbocycles. The Morgan fingerprint density at radius 3 is 2.45 bits per heavy atom. The molecule has 0 aliphatic carbocycles. The number of hydrogen-bond donors (Lipinski definition) is 1. The first kappa shape index (κ1) is 15.1. The molecule has 0 unspecified atom stereocenters. The zero-order valence-electron chi connectivity index (χ0n) is 11.9. The number of aliphatic hydroxyl groups is 1. The van der Waals surface area contributed by atoms with E-state index >= 15 is 0 Å². The minimum absolute atomic E-state index is 0.435. The standard InChI is InChI=1S/C17H20BrNO/c1-13(20)15-8-9-17(16(18)12-15)19(2)11-10-14-6-4-3-5-7-14/h3-9,12-13,20H,10-11H2,1-2H3/t13-/m1/s1. The van der Waals surface area contributed by atoms with Crippen molar-refractivity contribution in [3.63, 3.8) is 0 Å². The van der Waals surface area contributed by atoms with E-state index in [1.165, 1.54) is 5.56 Å². The van der Waals surface area contributed by atoms with Gasteiger partial charge in [-0.2, -0.15) is 0 Å². The average Bonchev–Trinajstić information content (AvgIpc) is 2.45. The van der Waals surface area contributed by atoms with E-state index in [1.54, 1.807) is 6.92 Å². The molecule has 0 radical (unpaired) electrons. The van der Waals surface area contributed by atoms with Crippen LogP contribution < -0.4 is 4.90 Å². The summed E-state index contributed by atoms with van der Waals surface area (Å²) in [5, 5.41) is 9.60. The van der Waals surface area contributed by atoms with Gasteiger partial charge in [0.1, 0.15) is 0 Å². The minimum atomic E-state index is -0.435. The molecule has 0 fully saturated rings. The van der Waals surface area contributed by atoms with E-state index in [-0.39, 0.29) is 0 Å². The number of anilines is 1. The lowest BCUT2D eigenvalue weighted by Gasteiger charge is -2.21. The third-order valence-corrected chi connectivity index (χ3v) is 4.08. The maximum atomic E-state index is 9.60. The zero-order chi connectivity index (χ0) is 14.5. The number of rotatable bonds is 5. The number of hydrogen-bond acceptors (Lipinski definition) is 2. The molecule has 3 heteroatoms. The smallest absolute Gasteiger partial charge is 0.0762 e. The number of nitrogens with zero attached hydrogens (tertiary/aromatic N) is 1. The van der Waals surface area contributed by atoms with Crippen molar-refractivity contribution >= 4 is 21.6 Å². The molecule has 106 valence electrons. The fourth-order valence-electron chi connectivity index (χ4n) is 2.15. The lowest BCUT2D eigenvalue weighted by atomic mass is 10.1. The van der Waals surface area contributed by atoms with Gasteiger partial charge < -0.3 is 10.0 Å². The van der Waals surface area contributed by atoms with Crippen molar-refractivity contribution in [2.24, 2.45) is 0 Å². The summed E-state index contributed by atoms with van der Waals surface area (Å²) in [5.41, 5.74) is 3.42. The Balaban J connectivity index is 2.04. The molecule has 1 N–H and O–H groups in total. The first-order chi connectivity index (χ1) is 9.58. The average molecular weight is 334 g/mol. The summed E-state index contributed by atoms with van der Waals surface area (Å²) >= 11 is 3.59. The lowest BCUT2D eigenvalue weighted by molar-refractivity contribution is 0.199. The predicted octanol–water partition coefficient (Wildman–Crippen LogP) is 4.18. The molecule has 0 aliphatic rings. The summed E-state index contributed by atoms with van der Waals surface area (Å²) in [7, 11) is 2.09. The van der Waals surface area contributed by atoms with E-state index in [0.29, 0.717) is 0 Å². The van der Waals surface area contributed by atoms with E-state index in [2.05, 4.69) is 58.2 Å². The highest BCUT2D eigenvalue weighted by Crippen LogP contribution is 2.28. The van der Waals surface area contributed by atoms with Crippen LogP contribution in [0, 0.1) is 0 Å². The van der Waals surface area contributed by atoms with Gasteiger partial charge in [0.25, 0.3) is 0 Å². The van der Waals surface area contributed by atoms with Gasteiger partial charge >= 0.3 is 0 Å². The van der Waals surface area contributed by atoms with E-state index in [1.807, 2.05) is 18.2 Å². The molecule has 0 heterocycles. The van der Waals surface area contributed by atoms with Crippen molar-refractivity contribution in [1.82, 2.24) is 0 Å². The fourth-order valence-corrected chi connectivity index (χ4v) is 2.85.